The standard InChI is InChI=1S/C24H20FNO4S/c25-19-11-13-20(14-12-19)31-16-24(15-17-7-3-1-4-8-17)22(27)30-21(26(24)23(28)29)18-9-5-2-6-10-18/h1-14,21H,15-16H2,(H,28,29). The van der Waals surface area contributed by atoms with Crippen LogP contribution in [0.15, 0.2) is 89.8 Å². The molecule has 31 heavy (non-hydrogen) atoms. The number of thioether (sulfide) groups is 1. The Morgan fingerprint density at radius 3 is 2.23 bits per heavy atom. The topological polar surface area (TPSA) is 66.8 Å². The molecule has 0 saturated carbocycles. The van der Waals surface area contributed by atoms with Crippen molar-refractivity contribution in [1.82, 2.24) is 4.90 Å². The van der Waals surface area contributed by atoms with Gasteiger partial charge >= 0.3 is 12.1 Å². The maximum Gasteiger partial charge on any atom is 0.411 e. The van der Waals surface area contributed by atoms with E-state index in [1.165, 1.54) is 23.9 Å². The lowest BCUT2D eigenvalue weighted by atomic mass is 9.91. The molecule has 1 aliphatic heterocycles. The maximum absolute atomic E-state index is 13.3. The lowest BCUT2D eigenvalue weighted by Gasteiger charge is -2.34. The van der Waals surface area contributed by atoms with Crippen LogP contribution in [0.3, 0.4) is 0 Å². The lowest BCUT2D eigenvalue weighted by molar-refractivity contribution is -0.145. The predicted octanol–water partition coefficient (Wildman–Crippen LogP) is 5.13. The van der Waals surface area contributed by atoms with Crippen LogP contribution in [-0.2, 0) is 16.0 Å². The minimum atomic E-state index is -1.44. The van der Waals surface area contributed by atoms with E-state index >= 15 is 0 Å². The molecule has 1 saturated heterocycles. The average Bonchev–Trinajstić information content (AvgIpc) is 3.07. The van der Waals surface area contributed by atoms with Gasteiger partial charge in [-0.3, -0.25) is 4.90 Å². The predicted molar refractivity (Wildman–Crippen MR) is 115 cm³/mol. The fourth-order valence-corrected chi connectivity index (χ4v) is 4.80. The number of rotatable bonds is 6. The molecule has 4 rings (SSSR count). The summed E-state index contributed by atoms with van der Waals surface area (Å²) in [6, 6.07) is 24.0. The third-order valence-electron chi connectivity index (χ3n) is 5.22. The van der Waals surface area contributed by atoms with E-state index in [0.717, 1.165) is 15.4 Å². The number of hydrogen-bond donors (Lipinski definition) is 1. The lowest BCUT2D eigenvalue weighted by Crippen LogP contribution is -2.55. The molecule has 158 valence electrons. The normalized spacial score (nSPS) is 20.5. The number of carbonyl (C=O) groups is 2. The molecule has 7 heteroatoms. The molecule has 1 amide bonds. The summed E-state index contributed by atoms with van der Waals surface area (Å²) in [6.45, 7) is 0. The van der Waals surface area contributed by atoms with E-state index in [4.69, 9.17) is 4.74 Å². The van der Waals surface area contributed by atoms with Gasteiger partial charge in [-0.15, -0.1) is 11.8 Å². The zero-order valence-corrected chi connectivity index (χ0v) is 17.3. The summed E-state index contributed by atoms with van der Waals surface area (Å²) in [6.07, 6.45) is -2.12. The van der Waals surface area contributed by atoms with Crippen molar-refractivity contribution >= 4 is 23.8 Å². The zero-order chi connectivity index (χ0) is 21.8. The minimum Gasteiger partial charge on any atom is -0.465 e. The van der Waals surface area contributed by atoms with Crippen molar-refractivity contribution in [3.63, 3.8) is 0 Å². The molecule has 0 bridgehead atoms. The van der Waals surface area contributed by atoms with E-state index in [0.29, 0.717) is 5.56 Å². The zero-order valence-electron chi connectivity index (χ0n) is 16.5. The number of carbonyl (C=O) groups excluding carboxylic acids is 1. The summed E-state index contributed by atoms with van der Waals surface area (Å²) in [7, 11) is 0. The van der Waals surface area contributed by atoms with Crippen LogP contribution in [0.25, 0.3) is 0 Å². The number of amides is 1. The number of cyclic esters (lactones) is 1. The van der Waals surface area contributed by atoms with Crippen molar-refractivity contribution in [1.29, 1.82) is 0 Å². The number of carboxylic acid groups (broad SMARTS) is 1. The quantitative estimate of drug-likeness (QED) is 0.428. The Balaban J connectivity index is 1.74. The summed E-state index contributed by atoms with van der Waals surface area (Å²) >= 11 is 1.29. The Morgan fingerprint density at radius 2 is 1.61 bits per heavy atom. The Kier molecular flexibility index (Phi) is 5.95. The fraction of sp³-hybridized carbons (Fsp3) is 0.167. The van der Waals surface area contributed by atoms with Gasteiger partial charge < -0.3 is 9.84 Å². The van der Waals surface area contributed by atoms with Gasteiger partial charge in [0.1, 0.15) is 5.82 Å². The molecule has 0 radical (unpaired) electrons. The summed E-state index contributed by atoms with van der Waals surface area (Å²) < 4.78 is 18.9. The molecule has 0 spiro atoms. The molecule has 1 fully saturated rings. The first kappa shape index (κ1) is 20.9. The monoisotopic (exact) mass is 437 g/mol. The van der Waals surface area contributed by atoms with Crippen LogP contribution in [0.2, 0.25) is 0 Å². The molecule has 2 atom stereocenters. The van der Waals surface area contributed by atoms with Gasteiger partial charge in [-0.25, -0.2) is 14.0 Å². The second kappa shape index (κ2) is 8.81. The summed E-state index contributed by atoms with van der Waals surface area (Å²) in [5.74, 6) is -0.829. The van der Waals surface area contributed by atoms with Gasteiger partial charge in [-0.05, 0) is 29.8 Å². The Labute approximate surface area is 183 Å². The molecule has 0 aromatic heterocycles. The van der Waals surface area contributed by atoms with Crippen LogP contribution in [0, 0.1) is 5.82 Å². The van der Waals surface area contributed by atoms with Crippen molar-refractivity contribution in [3.8, 4) is 0 Å². The van der Waals surface area contributed by atoms with Gasteiger partial charge in [-0.1, -0.05) is 60.7 Å². The largest absolute Gasteiger partial charge is 0.465 e. The van der Waals surface area contributed by atoms with Crippen molar-refractivity contribution in [3.05, 3.63) is 102 Å². The van der Waals surface area contributed by atoms with Gasteiger partial charge in [-0.2, -0.15) is 0 Å². The van der Waals surface area contributed by atoms with Crippen molar-refractivity contribution in [2.24, 2.45) is 0 Å². The Morgan fingerprint density at radius 1 is 1.00 bits per heavy atom. The second-order valence-electron chi connectivity index (χ2n) is 7.26. The van der Waals surface area contributed by atoms with E-state index in [2.05, 4.69) is 0 Å². The molecule has 1 heterocycles. The van der Waals surface area contributed by atoms with Gasteiger partial charge in [0, 0.05) is 22.6 Å². The molecule has 1 N–H and O–H groups in total. The highest BCUT2D eigenvalue weighted by molar-refractivity contribution is 7.99. The van der Waals surface area contributed by atoms with Crippen molar-refractivity contribution in [2.45, 2.75) is 23.1 Å². The van der Waals surface area contributed by atoms with Gasteiger partial charge in [0.2, 0.25) is 6.23 Å². The first-order valence-electron chi connectivity index (χ1n) is 9.70. The molecular weight excluding hydrogens is 417 g/mol. The fourth-order valence-electron chi connectivity index (χ4n) is 3.71. The second-order valence-corrected chi connectivity index (χ2v) is 8.31. The summed E-state index contributed by atoms with van der Waals surface area (Å²) in [5, 5.41) is 10.1. The minimum absolute atomic E-state index is 0.127. The number of esters is 1. The first-order valence-corrected chi connectivity index (χ1v) is 10.7. The van der Waals surface area contributed by atoms with Gasteiger partial charge in [0.25, 0.3) is 0 Å². The molecule has 3 aromatic rings. The SMILES string of the molecule is O=C(O)N1C(c2ccccc2)OC(=O)C1(CSc1ccc(F)cc1)Cc1ccccc1. The van der Waals surface area contributed by atoms with E-state index in [1.54, 1.807) is 36.4 Å². The van der Waals surface area contributed by atoms with Crippen LogP contribution in [-0.4, -0.2) is 33.4 Å². The van der Waals surface area contributed by atoms with E-state index in [9.17, 15) is 19.1 Å². The molecular formula is C24H20FNO4S. The highest BCUT2D eigenvalue weighted by atomic mass is 32.2. The van der Waals surface area contributed by atoms with Crippen LogP contribution in [0.4, 0.5) is 9.18 Å². The van der Waals surface area contributed by atoms with Crippen LogP contribution < -0.4 is 0 Å². The van der Waals surface area contributed by atoms with Gasteiger partial charge in [0.15, 0.2) is 5.54 Å². The van der Waals surface area contributed by atoms with Gasteiger partial charge in [0.05, 0.1) is 0 Å². The molecule has 0 aliphatic carbocycles. The number of ether oxygens (including phenoxy) is 1. The Bertz CT molecular complexity index is 1060. The number of benzene rings is 3. The average molecular weight is 437 g/mol. The molecule has 1 aliphatic rings. The van der Waals surface area contributed by atoms with Crippen molar-refractivity contribution in [2.75, 3.05) is 5.75 Å². The van der Waals surface area contributed by atoms with Crippen molar-refractivity contribution < 1.29 is 23.8 Å². The van der Waals surface area contributed by atoms with Crippen LogP contribution >= 0.6 is 11.8 Å². The first-order chi connectivity index (χ1) is 15.0. The van der Waals surface area contributed by atoms with Crippen LogP contribution in [0.5, 0.6) is 0 Å². The number of halogens is 1. The smallest absolute Gasteiger partial charge is 0.411 e. The number of nitrogens with zero attached hydrogens (tertiary/aromatic N) is 1. The molecule has 2 unspecified atom stereocenters. The number of hydrogen-bond acceptors (Lipinski definition) is 4. The third kappa shape index (κ3) is 4.27. The highest BCUT2D eigenvalue weighted by Crippen LogP contribution is 2.43. The maximum atomic E-state index is 13.3. The van der Waals surface area contributed by atoms with E-state index in [1.807, 2.05) is 36.4 Å². The van der Waals surface area contributed by atoms with E-state index in [-0.39, 0.29) is 18.0 Å². The van der Waals surface area contributed by atoms with Crippen LogP contribution in [0.1, 0.15) is 17.4 Å². The third-order valence-corrected chi connectivity index (χ3v) is 6.44. The van der Waals surface area contributed by atoms with E-state index < -0.39 is 23.8 Å². The summed E-state index contributed by atoms with van der Waals surface area (Å²) in [4.78, 5) is 27.6. The Hall–Kier alpha value is -3.32. The summed E-state index contributed by atoms with van der Waals surface area (Å²) in [5.41, 5.74) is -0.0358. The highest BCUT2D eigenvalue weighted by Gasteiger charge is 2.58. The molecule has 5 nitrogen and oxygen atoms in total. The molecule has 3 aromatic carbocycles.